The van der Waals surface area contributed by atoms with Crippen LogP contribution in [-0.4, -0.2) is 20.2 Å². The number of benzene rings is 1. The van der Waals surface area contributed by atoms with Crippen molar-refractivity contribution in [3.8, 4) is 28.7 Å². The summed E-state index contributed by atoms with van der Waals surface area (Å²) in [6.07, 6.45) is 0. The average molecular weight is 254 g/mol. The van der Waals surface area contributed by atoms with Crippen molar-refractivity contribution < 1.29 is 9.63 Å². The number of rotatable bonds is 2. The second-order valence-electron chi connectivity index (χ2n) is 3.92. The van der Waals surface area contributed by atoms with Crippen LogP contribution in [0.25, 0.3) is 23.0 Å². The van der Waals surface area contributed by atoms with E-state index in [0.717, 1.165) is 5.56 Å². The SMILES string of the molecule is Nc1cccc(-c2nc(-c3ccc(O)cc3)no2)n1. The van der Waals surface area contributed by atoms with Crippen molar-refractivity contribution in [3.63, 3.8) is 0 Å². The van der Waals surface area contributed by atoms with Gasteiger partial charge in [0.1, 0.15) is 17.3 Å². The fourth-order valence-corrected chi connectivity index (χ4v) is 1.63. The van der Waals surface area contributed by atoms with E-state index < -0.39 is 0 Å². The first-order valence-corrected chi connectivity index (χ1v) is 5.58. The summed E-state index contributed by atoms with van der Waals surface area (Å²) < 4.78 is 5.15. The van der Waals surface area contributed by atoms with Gasteiger partial charge in [-0.2, -0.15) is 4.98 Å². The molecule has 0 aliphatic carbocycles. The Morgan fingerprint density at radius 2 is 1.79 bits per heavy atom. The number of hydrogen-bond donors (Lipinski definition) is 2. The molecule has 3 aromatic rings. The molecule has 6 nitrogen and oxygen atoms in total. The van der Waals surface area contributed by atoms with E-state index in [9.17, 15) is 5.11 Å². The Morgan fingerprint density at radius 1 is 1.00 bits per heavy atom. The third kappa shape index (κ3) is 2.23. The quantitative estimate of drug-likeness (QED) is 0.726. The molecule has 2 aromatic heterocycles. The minimum absolute atomic E-state index is 0.185. The Bertz CT molecular complexity index is 707. The second-order valence-corrected chi connectivity index (χ2v) is 3.92. The van der Waals surface area contributed by atoms with E-state index >= 15 is 0 Å². The summed E-state index contributed by atoms with van der Waals surface area (Å²) in [5, 5.41) is 13.1. The smallest absolute Gasteiger partial charge is 0.276 e. The Morgan fingerprint density at radius 3 is 2.53 bits per heavy atom. The minimum Gasteiger partial charge on any atom is -0.508 e. The van der Waals surface area contributed by atoms with Crippen LogP contribution in [0.1, 0.15) is 0 Å². The van der Waals surface area contributed by atoms with Gasteiger partial charge in [0.15, 0.2) is 0 Å². The molecule has 19 heavy (non-hydrogen) atoms. The van der Waals surface area contributed by atoms with E-state index in [1.807, 2.05) is 0 Å². The van der Waals surface area contributed by atoms with Crippen molar-refractivity contribution in [2.75, 3.05) is 5.73 Å². The van der Waals surface area contributed by atoms with E-state index in [1.165, 1.54) is 0 Å². The molecule has 2 heterocycles. The largest absolute Gasteiger partial charge is 0.508 e. The monoisotopic (exact) mass is 254 g/mol. The Labute approximate surface area is 108 Å². The van der Waals surface area contributed by atoms with Crippen molar-refractivity contribution >= 4 is 5.82 Å². The number of phenolic OH excluding ortho intramolecular Hbond substituents is 1. The molecule has 0 radical (unpaired) electrons. The topological polar surface area (TPSA) is 98.1 Å². The third-order valence-electron chi connectivity index (χ3n) is 2.54. The van der Waals surface area contributed by atoms with Gasteiger partial charge in [0.25, 0.3) is 5.89 Å². The molecule has 0 amide bonds. The molecule has 0 spiro atoms. The highest BCUT2D eigenvalue weighted by atomic mass is 16.5. The Balaban J connectivity index is 1.97. The van der Waals surface area contributed by atoms with Gasteiger partial charge < -0.3 is 15.4 Å². The minimum atomic E-state index is 0.185. The lowest BCUT2D eigenvalue weighted by Gasteiger charge is -1.95. The fourth-order valence-electron chi connectivity index (χ4n) is 1.63. The molecule has 3 N–H and O–H groups in total. The van der Waals surface area contributed by atoms with Gasteiger partial charge in [0.2, 0.25) is 5.82 Å². The Hall–Kier alpha value is -2.89. The molecule has 3 rings (SSSR count). The van der Waals surface area contributed by atoms with E-state index in [2.05, 4.69) is 15.1 Å². The van der Waals surface area contributed by atoms with Gasteiger partial charge in [-0.1, -0.05) is 11.2 Å². The first kappa shape index (κ1) is 11.2. The molecular formula is C13H10N4O2. The fraction of sp³-hybridized carbons (Fsp3) is 0. The van der Waals surface area contributed by atoms with Crippen LogP contribution < -0.4 is 5.73 Å². The second kappa shape index (κ2) is 4.41. The molecule has 0 aliphatic heterocycles. The third-order valence-corrected chi connectivity index (χ3v) is 2.54. The zero-order valence-electron chi connectivity index (χ0n) is 9.82. The summed E-state index contributed by atoms with van der Waals surface area (Å²) in [5.74, 6) is 1.31. The number of anilines is 1. The van der Waals surface area contributed by atoms with Crippen LogP contribution in [0.5, 0.6) is 5.75 Å². The first-order valence-electron chi connectivity index (χ1n) is 5.58. The zero-order chi connectivity index (χ0) is 13.2. The van der Waals surface area contributed by atoms with Crippen LogP contribution in [0.3, 0.4) is 0 Å². The molecule has 0 bridgehead atoms. The van der Waals surface area contributed by atoms with Gasteiger partial charge in [-0.25, -0.2) is 4.98 Å². The lowest BCUT2D eigenvalue weighted by molar-refractivity contribution is 0.431. The summed E-state index contributed by atoms with van der Waals surface area (Å²) in [4.78, 5) is 8.35. The number of pyridine rings is 1. The maximum atomic E-state index is 9.23. The Kier molecular flexibility index (Phi) is 2.60. The van der Waals surface area contributed by atoms with Crippen LogP contribution in [-0.2, 0) is 0 Å². The number of phenols is 1. The predicted octanol–water partition coefficient (Wildman–Crippen LogP) is 2.09. The summed E-state index contributed by atoms with van der Waals surface area (Å²) in [5.41, 5.74) is 6.87. The van der Waals surface area contributed by atoms with Crippen molar-refractivity contribution in [1.82, 2.24) is 15.1 Å². The molecule has 94 valence electrons. The summed E-state index contributed by atoms with van der Waals surface area (Å²) in [7, 11) is 0. The maximum absolute atomic E-state index is 9.23. The van der Waals surface area contributed by atoms with Crippen molar-refractivity contribution in [2.45, 2.75) is 0 Å². The van der Waals surface area contributed by atoms with Crippen LogP contribution in [0, 0.1) is 0 Å². The molecule has 0 fully saturated rings. The number of nitrogens with two attached hydrogens (primary N) is 1. The van der Waals surface area contributed by atoms with Crippen LogP contribution in [0.15, 0.2) is 47.0 Å². The molecule has 0 saturated carbocycles. The summed E-state index contributed by atoms with van der Waals surface area (Å²) in [6.45, 7) is 0. The van der Waals surface area contributed by atoms with Crippen molar-refractivity contribution in [2.24, 2.45) is 0 Å². The lowest BCUT2D eigenvalue weighted by Crippen LogP contribution is -1.91. The highest BCUT2D eigenvalue weighted by Gasteiger charge is 2.11. The van der Waals surface area contributed by atoms with E-state index in [0.29, 0.717) is 23.2 Å². The van der Waals surface area contributed by atoms with Crippen LogP contribution in [0.4, 0.5) is 5.82 Å². The van der Waals surface area contributed by atoms with Gasteiger partial charge in [-0.05, 0) is 36.4 Å². The molecule has 0 saturated heterocycles. The number of nitrogen functional groups attached to an aromatic ring is 1. The number of nitrogens with zero attached hydrogens (tertiary/aromatic N) is 3. The van der Waals surface area contributed by atoms with Gasteiger partial charge in [-0.15, -0.1) is 0 Å². The molecule has 6 heteroatoms. The number of hydrogen-bond acceptors (Lipinski definition) is 6. The predicted molar refractivity (Wildman–Crippen MR) is 69.0 cm³/mol. The number of aromatic nitrogens is 3. The van der Waals surface area contributed by atoms with E-state index in [1.54, 1.807) is 42.5 Å². The molecule has 0 atom stereocenters. The molecule has 0 aliphatic rings. The maximum Gasteiger partial charge on any atom is 0.276 e. The van der Waals surface area contributed by atoms with Gasteiger partial charge >= 0.3 is 0 Å². The van der Waals surface area contributed by atoms with Crippen LogP contribution in [0.2, 0.25) is 0 Å². The van der Waals surface area contributed by atoms with Gasteiger partial charge in [0, 0.05) is 5.56 Å². The first-order chi connectivity index (χ1) is 9.22. The average Bonchev–Trinajstić information content (AvgIpc) is 2.89. The van der Waals surface area contributed by atoms with Crippen LogP contribution >= 0.6 is 0 Å². The van der Waals surface area contributed by atoms with Gasteiger partial charge in [-0.3, -0.25) is 0 Å². The zero-order valence-corrected chi connectivity index (χ0v) is 9.82. The van der Waals surface area contributed by atoms with E-state index in [-0.39, 0.29) is 5.75 Å². The lowest BCUT2D eigenvalue weighted by atomic mass is 10.2. The number of aromatic hydroxyl groups is 1. The normalized spacial score (nSPS) is 10.5. The molecule has 1 aromatic carbocycles. The molecular weight excluding hydrogens is 244 g/mol. The highest BCUT2D eigenvalue weighted by Crippen LogP contribution is 2.22. The summed E-state index contributed by atoms with van der Waals surface area (Å²) >= 11 is 0. The molecule has 0 unspecified atom stereocenters. The van der Waals surface area contributed by atoms with Gasteiger partial charge in [0.05, 0.1) is 0 Å². The van der Waals surface area contributed by atoms with E-state index in [4.69, 9.17) is 10.3 Å². The highest BCUT2D eigenvalue weighted by molar-refractivity contribution is 5.59. The standard InChI is InChI=1S/C13H10N4O2/c14-11-3-1-2-10(15-11)13-16-12(17-19-13)8-4-6-9(18)7-5-8/h1-7,18H,(H2,14,15). The van der Waals surface area contributed by atoms with Crippen molar-refractivity contribution in [1.29, 1.82) is 0 Å². The summed E-state index contributed by atoms with van der Waals surface area (Å²) in [6, 6.07) is 11.7. The van der Waals surface area contributed by atoms with Crippen molar-refractivity contribution in [3.05, 3.63) is 42.5 Å².